The van der Waals surface area contributed by atoms with Gasteiger partial charge in [-0.25, -0.2) is 4.79 Å². The molecule has 5 heteroatoms. The van der Waals surface area contributed by atoms with Gasteiger partial charge in [-0.15, -0.1) is 0 Å². The standard InChI is InChI=1S/C29H32N2O3/c1-6-30(7-2)21-15-16-25(26(19-21)33-5)29(24-14-9-8-13-23(24)27(32)34-29)28(4)20(3)18-22-12-10-11-17-31(22)28/h8-20H,6-7H2,1-5H3. The third kappa shape index (κ3) is 2.82. The van der Waals surface area contributed by atoms with Crippen molar-refractivity contribution >= 4 is 11.7 Å². The van der Waals surface area contributed by atoms with E-state index in [1.54, 1.807) is 7.11 Å². The highest BCUT2D eigenvalue weighted by Crippen LogP contribution is 2.59. The number of anilines is 1. The van der Waals surface area contributed by atoms with Crippen molar-refractivity contribution in [3.8, 4) is 5.75 Å². The number of rotatable bonds is 6. The number of allylic oxidation sites excluding steroid dienone is 3. The Hall–Kier alpha value is -3.47. The van der Waals surface area contributed by atoms with E-state index in [0.717, 1.165) is 35.6 Å². The normalized spacial score (nSPS) is 26.7. The summed E-state index contributed by atoms with van der Waals surface area (Å²) in [6.07, 6.45) is 10.5. The molecule has 0 N–H and O–H groups in total. The molecule has 2 aromatic carbocycles. The van der Waals surface area contributed by atoms with Gasteiger partial charge in [0.25, 0.3) is 0 Å². The molecule has 176 valence electrons. The van der Waals surface area contributed by atoms with E-state index in [9.17, 15) is 4.79 Å². The maximum atomic E-state index is 13.3. The summed E-state index contributed by atoms with van der Waals surface area (Å²) in [5.41, 5.74) is 2.85. The molecule has 3 atom stereocenters. The molecule has 5 nitrogen and oxygen atoms in total. The summed E-state index contributed by atoms with van der Waals surface area (Å²) < 4.78 is 12.5. The highest BCUT2D eigenvalue weighted by molar-refractivity contribution is 5.96. The van der Waals surface area contributed by atoms with Crippen molar-refractivity contribution in [1.29, 1.82) is 0 Å². The summed E-state index contributed by atoms with van der Waals surface area (Å²) in [6, 6.07) is 14.0. The second kappa shape index (κ2) is 8.08. The molecule has 34 heavy (non-hydrogen) atoms. The van der Waals surface area contributed by atoms with Crippen LogP contribution in [0.25, 0.3) is 0 Å². The Morgan fingerprint density at radius 3 is 2.59 bits per heavy atom. The van der Waals surface area contributed by atoms with E-state index in [4.69, 9.17) is 9.47 Å². The summed E-state index contributed by atoms with van der Waals surface area (Å²) in [5, 5.41) is 0. The van der Waals surface area contributed by atoms with Gasteiger partial charge in [0.15, 0.2) is 5.60 Å². The van der Waals surface area contributed by atoms with Crippen molar-refractivity contribution in [2.45, 2.75) is 38.8 Å². The van der Waals surface area contributed by atoms with Crippen LogP contribution in [-0.2, 0) is 10.3 Å². The minimum absolute atomic E-state index is 0.0843. The molecule has 0 aliphatic carbocycles. The topological polar surface area (TPSA) is 42.0 Å². The van der Waals surface area contributed by atoms with Gasteiger partial charge in [-0.1, -0.05) is 37.3 Å². The van der Waals surface area contributed by atoms with Crippen molar-refractivity contribution in [1.82, 2.24) is 4.90 Å². The molecule has 3 heterocycles. The minimum Gasteiger partial charge on any atom is -0.496 e. The number of esters is 1. The fourth-order valence-corrected chi connectivity index (χ4v) is 5.97. The van der Waals surface area contributed by atoms with Crippen LogP contribution in [0.3, 0.4) is 0 Å². The Labute approximate surface area is 202 Å². The first-order chi connectivity index (χ1) is 16.4. The average molecular weight is 457 g/mol. The molecule has 3 unspecified atom stereocenters. The lowest BCUT2D eigenvalue weighted by atomic mass is 9.66. The Morgan fingerprint density at radius 2 is 1.85 bits per heavy atom. The maximum absolute atomic E-state index is 13.3. The molecule has 5 rings (SSSR count). The number of carbonyl (C=O) groups excluding carboxylic acids is 1. The Morgan fingerprint density at radius 1 is 1.09 bits per heavy atom. The first-order valence-electron chi connectivity index (χ1n) is 12.0. The van der Waals surface area contributed by atoms with E-state index in [0.29, 0.717) is 11.3 Å². The molecule has 3 aliphatic heterocycles. The first-order valence-corrected chi connectivity index (χ1v) is 12.0. The van der Waals surface area contributed by atoms with Gasteiger partial charge in [0.2, 0.25) is 0 Å². The van der Waals surface area contributed by atoms with Gasteiger partial charge in [-0.3, -0.25) is 0 Å². The van der Waals surface area contributed by atoms with Crippen LogP contribution in [0.5, 0.6) is 5.75 Å². The summed E-state index contributed by atoms with van der Waals surface area (Å²) in [4.78, 5) is 17.9. The van der Waals surface area contributed by atoms with Gasteiger partial charge in [0, 0.05) is 53.8 Å². The Balaban J connectivity index is 1.80. The molecule has 0 radical (unpaired) electrons. The third-order valence-electron chi connectivity index (χ3n) is 7.88. The zero-order valence-electron chi connectivity index (χ0n) is 20.5. The number of carbonyl (C=O) groups is 1. The van der Waals surface area contributed by atoms with E-state index in [1.165, 1.54) is 0 Å². The zero-order chi connectivity index (χ0) is 24.1. The predicted molar refractivity (Wildman–Crippen MR) is 135 cm³/mol. The Kier molecular flexibility index (Phi) is 5.31. The SMILES string of the molecule is CCN(CC)c1ccc(C2(C3(C)C(C)C=C4C=CC=CN43)OC(=O)c3ccccc32)c(OC)c1. The van der Waals surface area contributed by atoms with Crippen LogP contribution in [0.1, 0.15) is 49.2 Å². The molecule has 0 saturated heterocycles. The van der Waals surface area contributed by atoms with E-state index in [1.807, 2.05) is 36.4 Å². The maximum Gasteiger partial charge on any atom is 0.339 e. The van der Waals surface area contributed by atoms with Crippen LogP contribution >= 0.6 is 0 Å². The molecule has 0 saturated carbocycles. The monoisotopic (exact) mass is 456 g/mol. The zero-order valence-corrected chi connectivity index (χ0v) is 20.5. The molecule has 0 aromatic heterocycles. The minimum atomic E-state index is -1.07. The third-order valence-corrected chi connectivity index (χ3v) is 7.88. The molecule has 0 fully saturated rings. The lowest BCUT2D eigenvalue weighted by Gasteiger charge is -2.51. The largest absolute Gasteiger partial charge is 0.496 e. The van der Waals surface area contributed by atoms with Gasteiger partial charge < -0.3 is 19.3 Å². The highest BCUT2D eigenvalue weighted by Gasteiger charge is 2.65. The van der Waals surface area contributed by atoms with Crippen LogP contribution in [0, 0.1) is 5.92 Å². The number of cyclic esters (lactones) is 1. The van der Waals surface area contributed by atoms with E-state index >= 15 is 0 Å². The van der Waals surface area contributed by atoms with Crippen LogP contribution in [-0.4, -0.2) is 36.6 Å². The van der Waals surface area contributed by atoms with Crippen molar-refractivity contribution < 1.29 is 14.3 Å². The number of ether oxygens (including phenoxy) is 2. The van der Waals surface area contributed by atoms with Gasteiger partial charge in [-0.05, 0) is 51.1 Å². The van der Waals surface area contributed by atoms with Gasteiger partial charge >= 0.3 is 5.97 Å². The first kappa shape index (κ1) is 22.3. The average Bonchev–Trinajstić information content (AvgIpc) is 3.32. The van der Waals surface area contributed by atoms with Crippen LogP contribution in [0.4, 0.5) is 5.69 Å². The van der Waals surface area contributed by atoms with E-state index in [2.05, 4.69) is 74.0 Å². The second-order valence-electron chi connectivity index (χ2n) is 9.27. The van der Waals surface area contributed by atoms with Gasteiger partial charge in [0.1, 0.15) is 5.75 Å². The predicted octanol–water partition coefficient (Wildman–Crippen LogP) is 5.63. The van der Waals surface area contributed by atoms with E-state index < -0.39 is 11.1 Å². The lowest BCUT2D eigenvalue weighted by molar-refractivity contribution is -0.0718. The summed E-state index contributed by atoms with van der Waals surface area (Å²) in [6.45, 7) is 10.5. The van der Waals surface area contributed by atoms with Gasteiger partial charge in [-0.2, -0.15) is 0 Å². The summed E-state index contributed by atoms with van der Waals surface area (Å²) in [5.74, 6) is 0.497. The fourth-order valence-electron chi connectivity index (χ4n) is 5.97. The number of methoxy groups -OCH3 is 1. The highest BCUT2D eigenvalue weighted by atomic mass is 16.6. The molecule has 3 aliphatic rings. The lowest BCUT2D eigenvalue weighted by Crippen LogP contribution is -2.60. The summed E-state index contributed by atoms with van der Waals surface area (Å²) in [7, 11) is 1.69. The van der Waals surface area contributed by atoms with Crippen LogP contribution < -0.4 is 9.64 Å². The number of hydrogen-bond acceptors (Lipinski definition) is 5. The molecular formula is C29H32N2O3. The van der Waals surface area contributed by atoms with Crippen molar-refractivity contribution in [2.24, 2.45) is 5.92 Å². The number of fused-ring (bicyclic) bond motifs is 2. The number of nitrogens with zero attached hydrogens (tertiary/aromatic N) is 2. The van der Waals surface area contributed by atoms with Crippen molar-refractivity contribution in [2.75, 3.05) is 25.1 Å². The molecule has 2 aromatic rings. The number of hydrogen-bond donors (Lipinski definition) is 0. The Bertz CT molecular complexity index is 1230. The molecule has 0 amide bonds. The van der Waals surface area contributed by atoms with Crippen molar-refractivity contribution in [3.05, 3.63) is 95.4 Å². The van der Waals surface area contributed by atoms with Crippen LogP contribution in [0.2, 0.25) is 0 Å². The molecular weight excluding hydrogens is 424 g/mol. The van der Waals surface area contributed by atoms with Gasteiger partial charge in [0.05, 0.1) is 18.2 Å². The number of benzene rings is 2. The van der Waals surface area contributed by atoms with Crippen LogP contribution in [0.15, 0.2) is 78.7 Å². The van der Waals surface area contributed by atoms with E-state index in [-0.39, 0.29) is 11.9 Å². The quantitative estimate of drug-likeness (QED) is 0.527. The summed E-state index contributed by atoms with van der Waals surface area (Å²) >= 11 is 0. The van der Waals surface area contributed by atoms with Crippen molar-refractivity contribution in [3.63, 3.8) is 0 Å². The smallest absolute Gasteiger partial charge is 0.339 e. The molecule has 0 spiro atoms. The second-order valence-corrected chi connectivity index (χ2v) is 9.27. The fraction of sp³-hybridized carbons (Fsp3) is 0.345. The molecule has 0 bridgehead atoms.